The largest absolute Gasteiger partial charge is 0.573 e. The number of carbonyl (C=O) groups is 1. The summed E-state index contributed by atoms with van der Waals surface area (Å²) in [4.78, 5) is 20.7. The minimum atomic E-state index is -4.74. The quantitative estimate of drug-likeness (QED) is 0.632. The van der Waals surface area contributed by atoms with Crippen molar-refractivity contribution in [2.75, 3.05) is 0 Å². The number of benzene rings is 1. The van der Waals surface area contributed by atoms with E-state index in [0.717, 1.165) is 0 Å². The second-order valence-corrected chi connectivity index (χ2v) is 5.44. The predicted molar refractivity (Wildman–Crippen MR) is 88.6 cm³/mol. The van der Waals surface area contributed by atoms with Crippen molar-refractivity contribution < 1.29 is 22.7 Å². The average molecular weight is 358 g/mol. The number of Topliss-reactive ketones (excluding diaryl/α,β-unsaturated/α-hetero) is 1. The fraction of sp³-hybridized carbons (Fsp3) is 0.105. The number of pyridine rings is 2. The molecule has 0 saturated carbocycles. The highest BCUT2D eigenvalue weighted by atomic mass is 19.4. The van der Waals surface area contributed by atoms with E-state index in [2.05, 4.69) is 14.7 Å². The number of halogens is 3. The molecule has 0 spiro atoms. The SMILES string of the molecule is O=C(Cc1ccc(OC(F)(F)F)cc1)c1ccc(-c2ccccn2)nc1. The Hall–Kier alpha value is -3.22. The van der Waals surface area contributed by atoms with E-state index in [9.17, 15) is 18.0 Å². The molecule has 4 nitrogen and oxygen atoms in total. The third-order valence-corrected chi connectivity index (χ3v) is 3.53. The van der Waals surface area contributed by atoms with Crippen LogP contribution in [-0.4, -0.2) is 22.1 Å². The van der Waals surface area contributed by atoms with Gasteiger partial charge in [-0.3, -0.25) is 14.8 Å². The van der Waals surface area contributed by atoms with Crippen LogP contribution in [0.15, 0.2) is 67.0 Å². The molecule has 0 saturated heterocycles. The van der Waals surface area contributed by atoms with Crippen LogP contribution >= 0.6 is 0 Å². The van der Waals surface area contributed by atoms with Gasteiger partial charge in [0.05, 0.1) is 11.4 Å². The number of ketones is 1. The van der Waals surface area contributed by atoms with E-state index < -0.39 is 6.36 Å². The number of carbonyl (C=O) groups excluding carboxylic acids is 1. The zero-order valence-corrected chi connectivity index (χ0v) is 13.4. The van der Waals surface area contributed by atoms with Gasteiger partial charge in [-0.1, -0.05) is 18.2 Å². The highest BCUT2D eigenvalue weighted by molar-refractivity contribution is 5.97. The fourth-order valence-corrected chi connectivity index (χ4v) is 2.32. The van der Waals surface area contributed by atoms with Gasteiger partial charge in [-0.15, -0.1) is 13.2 Å². The Kier molecular flexibility index (Phi) is 4.97. The van der Waals surface area contributed by atoms with E-state index >= 15 is 0 Å². The lowest BCUT2D eigenvalue weighted by molar-refractivity contribution is -0.274. The first-order valence-electron chi connectivity index (χ1n) is 7.66. The average Bonchev–Trinajstić information content (AvgIpc) is 2.63. The van der Waals surface area contributed by atoms with Crippen molar-refractivity contribution >= 4 is 5.78 Å². The van der Waals surface area contributed by atoms with Gasteiger partial charge < -0.3 is 4.74 Å². The second-order valence-electron chi connectivity index (χ2n) is 5.44. The Labute approximate surface area is 147 Å². The van der Waals surface area contributed by atoms with Crippen LogP contribution in [0, 0.1) is 0 Å². The van der Waals surface area contributed by atoms with E-state index in [4.69, 9.17) is 0 Å². The van der Waals surface area contributed by atoms with Gasteiger partial charge in [0, 0.05) is 24.4 Å². The Morgan fingerprint density at radius 1 is 0.923 bits per heavy atom. The molecule has 2 aromatic heterocycles. The van der Waals surface area contributed by atoms with Crippen molar-refractivity contribution in [2.45, 2.75) is 12.8 Å². The van der Waals surface area contributed by atoms with Crippen molar-refractivity contribution in [2.24, 2.45) is 0 Å². The molecule has 2 heterocycles. The van der Waals surface area contributed by atoms with Crippen LogP contribution in [0.5, 0.6) is 5.75 Å². The maximum atomic E-state index is 12.3. The standard InChI is InChI=1S/C19H13F3N2O2/c20-19(21,22)26-15-7-4-13(5-8-15)11-18(25)14-6-9-17(24-12-14)16-3-1-2-10-23-16/h1-10,12H,11H2. The van der Waals surface area contributed by atoms with Crippen molar-refractivity contribution in [3.8, 4) is 17.1 Å². The minimum Gasteiger partial charge on any atom is -0.406 e. The molecule has 0 fully saturated rings. The Balaban J connectivity index is 1.66. The first kappa shape index (κ1) is 17.6. The summed E-state index contributed by atoms with van der Waals surface area (Å²) in [5.74, 6) is -0.510. The molecule has 1 aromatic carbocycles. The van der Waals surface area contributed by atoms with E-state index in [-0.39, 0.29) is 18.0 Å². The molecule has 0 unspecified atom stereocenters. The molecule has 7 heteroatoms. The second kappa shape index (κ2) is 7.35. The van der Waals surface area contributed by atoms with Gasteiger partial charge in [0.1, 0.15) is 5.75 Å². The van der Waals surface area contributed by atoms with E-state index in [1.807, 2.05) is 12.1 Å². The van der Waals surface area contributed by atoms with Gasteiger partial charge in [-0.25, -0.2) is 0 Å². The highest BCUT2D eigenvalue weighted by Crippen LogP contribution is 2.23. The van der Waals surface area contributed by atoms with Crippen molar-refractivity contribution in [1.29, 1.82) is 0 Å². The zero-order chi connectivity index (χ0) is 18.6. The van der Waals surface area contributed by atoms with Crippen LogP contribution in [0.1, 0.15) is 15.9 Å². The first-order valence-corrected chi connectivity index (χ1v) is 7.66. The summed E-state index contributed by atoms with van der Waals surface area (Å²) in [6, 6.07) is 14.0. The molecule has 0 aliphatic carbocycles. The molecule has 0 N–H and O–H groups in total. The summed E-state index contributed by atoms with van der Waals surface area (Å²) in [5.41, 5.74) is 2.35. The summed E-state index contributed by atoms with van der Waals surface area (Å²) in [6.45, 7) is 0. The zero-order valence-electron chi connectivity index (χ0n) is 13.4. The monoisotopic (exact) mass is 358 g/mol. The number of hydrogen-bond donors (Lipinski definition) is 0. The first-order chi connectivity index (χ1) is 12.4. The molecule has 3 rings (SSSR count). The number of rotatable bonds is 5. The lowest BCUT2D eigenvalue weighted by atomic mass is 10.0. The Morgan fingerprint density at radius 3 is 2.23 bits per heavy atom. The van der Waals surface area contributed by atoms with E-state index in [1.54, 1.807) is 24.4 Å². The number of hydrogen-bond acceptors (Lipinski definition) is 4. The summed E-state index contributed by atoms with van der Waals surface area (Å²) in [5, 5.41) is 0. The maximum Gasteiger partial charge on any atom is 0.573 e. The molecule has 0 aliphatic rings. The van der Waals surface area contributed by atoms with Gasteiger partial charge in [-0.2, -0.15) is 0 Å². The Morgan fingerprint density at radius 2 is 1.65 bits per heavy atom. The minimum absolute atomic E-state index is 0.0525. The van der Waals surface area contributed by atoms with Crippen LogP contribution in [0.2, 0.25) is 0 Å². The van der Waals surface area contributed by atoms with Crippen LogP contribution in [-0.2, 0) is 6.42 Å². The summed E-state index contributed by atoms with van der Waals surface area (Å²) < 4.78 is 40.2. The fourth-order valence-electron chi connectivity index (χ4n) is 2.32. The Bertz CT molecular complexity index is 877. The van der Waals surface area contributed by atoms with E-state index in [0.29, 0.717) is 22.5 Å². The molecule has 132 valence electrons. The lowest BCUT2D eigenvalue weighted by Gasteiger charge is -2.09. The number of nitrogens with zero attached hydrogens (tertiary/aromatic N) is 2. The number of alkyl halides is 3. The van der Waals surface area contributed by atoms with Crippen LogP contribution in [0.4, 0.5) is 13.2 Å². The number of ether oxygens (including phenoxy) is 1. The van der Waals surface area contributed by atoms with Gasteiger partial charge in [0.15, 0.2) is 5.78 Å². The van der Waals surface area contributed by atoms with Crippen LogP contribution in [0.25, 0.3) is 11.4 Å². The highest BCUT2D eigenvalue weighted by Gasteiger charge is 2.30. The topological polar surface area (TPSA) is 52.1 Å². The lowest BCUT2D eigenvalue weighted by Crippen LogP contribution is -2.17. The van der Waals surface area contributed by atoms with Crippen molar-refractivity contribution in [1.82, 2.24) is 9.97 Å². The van der Waals surface area contributed by atoms with Gasteiger partial charge in [0.25, 0.3) is 0 Å². The van der Waals surface area contributed by atoms with Crippen molar-refractivity contribution in [3.63, 3.8) is 0 Å². The molecule has 3 aromatic rings. The molecule has 0 bridgehead atoms. The van der Waals surface area contributed by atoms with Gasteiger partial charge >= 0.3 is 6.36 Å². The molecule has 0 aliphatic heterocycles. The number of aromatic nitrogens is 2. The maximum absolute atomic E-state index is 12.3. The summed E-state index contributed by atoms with van der Waals surface area (Å²) in [6.07, 6.45) is -1.56. The molecular formula is C19H13F3N2O2. The summed E-state index contributed by atoms with van der Waals surface area (Å²) >= 11 is 0. The smallest absolute Gasteiger partial charge is 0.406 e. The molecule has 0 radical (unpaired) electrons. The van der Waals surface area contributed by atoms with Crippen LogP contribution < -0.4 is 4.74 Å². The van der Waals surface area contributed by atoms with Gasteiger partial charge in [-0.05, 0) is 42.0 Å². The summed E-state index contributed by atoms with van der Waals surface area (Å²) in [7, 11) is 0. The third kappa shape index (κ3) is 4.66. The molecule has 26 heavy (non-hydrogen) atoms. The molecule has 0 amide bonds. The van der Waals surface area contributed by atoms with Crippen molar-refractivity contribution in [3.05, 3.63) is 78.1 Å². The normalized spacial score (nSPS) is 11.2. The van der Waals surface area contributed by atoms with E-state index in [1.165, 1.54) is 30.5 Å². The predicted octanol–water partition coefficient (Wildman–Crippen LogP) is 4.47. The van der Waals surface area contributed by atoms with Crippen LogP contribution in [0.3, 0.4) is 0 Å². The van der Waals surface area contributed by atoms with Gasteiger partial charge in [0.2, 0.25) is 0 Å². The molecule has 0 atom stereocenters. The third-order valence-electron chi connectivity index (χ3n) is 3.53. The molecular weight excluding hydrogens is 345 g/mol.